The van der Waals surface area contributed by atoms with Crippen molar-refractivity contribution in [3.8, 4) is 0 Å². The van der Waals surface area contributed by atoms with E-state index in [0.29, 0.717) is 27.7 Å². The lowest BCUT2D eigenvalue weighted by molar-refractivity contribution is 0.0994. The number of Topliss-reactive ketones (excluding diaryl/α,β-unsaturated/α-hetero) is 1. The second-order valence-corrected chi connectivity index (χ2v) is 6.83. The van der Waals surface area contributed by atoms with E-state index in [4.69, 9.17) is 0 Å². The number of nitrogens with zero attached hydrogens (tertiary/aromatic N) is 5. The number of fused-ring (bicyclic) bond motifs is 1. The quantitative estimate of drug-likeness (QED) is 0.495. The van der Waals surface area contributed by atoms with Gasteiger partial charge in [0.05, 0.1) is 23.0 Å². The standard InChI is InChI=1S/C19H13N5O2S/c1-11-9-27-17(24-11)6-16(25)14-4-12(5-15-18(14)23-3-2-22-15)19(26)13-7-20-10-21-8-13/h2-5,7-10H,6H2,1H3. The Labute approximate surface area is 158 Å². The fourth-order valence-corrected chi connectivity index (χ4v) is 3.49. The molecular formula is C19H13N5O2S. The van der Waals surface area contributed by atoms with Gasteiger partial charge >= 0.3 is 0 Å². The maximum absolute atomic E-state index is 12.9. The van der Waals surface area contributed by atoms with Crippen LogP contribution in [0.5, 0.6) is 0 Å². The fraction of sp³-hybridized carbons (Fsp3) is 0.105. The number of ketones is 2. The van der Waals surface area contributed by atoms with Crippen molar-refractivity contribution in [1.29, 1.82) is 0 Å². The van der Waals surface area contributed by atoms with Gasteiger partial charge in [0.25, 0.3) is 0 Å². The zero-order valence-electron chi connectivity index (χ0n) is 14.3. The van der Waals surface area contributed by atoms with Gasteiger partial charge in [-0.2, -0.15) is 0 Å². The van der Waals surface area contributed by atoms with Crippen molar-refractivity contribution in [2.75, 3.05) is 0 Å². The molecular weight excluding hydrogens is 362 g/mol. The highest BCUT2D eigenvalue weighted by Crippen LogP contribution is 2.22. The lowest BCUT2D eigenvalue weighted by Gasteiger charge is -2.07. The van der Waals surface area contributed by atoms with Crippen LogP contribution in [-0.4, -0.2) is 36.5 Å². The van der Waals surface area contributed by atoms with E-state index in [0.717, 1.165) is 10.7 Å². The van der Waals surface area contributed by atoms with Crippen LogP contribution in [0.2, 0.25) is 0 Å². The second-order valence-electron chi connectivity index (χ2n) is 5.89. The number of aryl methyl sites for hydroxylation is 1. The average Bonchev–Trinajstić information content (AvgIpc) is 3.11. The number of carbonyl (C=O) groups excluding carboxylic acids is 2. The molecule has 0 unspecified atom stereocenters. The van der Waals surface area contributed by atoms with Gasteiger partial charge in [-0.05, 0) is 19.1 Å². The van der Waals surface area contributed by atoms with Crippen LogP contribution in [0, 0.1) is 6.92 Å². The van der Waals surface area contributed by atoms with Crippen LogP contribution in [0.25, 0.3) is 11.0 Å². The Morgan fingerprint density at radius 1 is 1.04 bits per heavy atom. The lowest BCUT2D eigenvalue weighted by Crippen LogP contribution is -2.09. The summed E-state index contributed by atoms with van der Waals surface area (Å²) < 4.78 is 0. The Kier molecular flexibility index (Phi) is 4.47. The molecule has 0 fully saturated rings. The molecule has 3 aromatic heterocycles. The number of benzene rings is 1. The van der Waals surface area contributed by atoms with Gasteiger partial charge in [-0.25, -0.2) is 15.0 Å². The molecule has 132 valence electrons. The van der Waals surface area contributed by atoms with Gasteiger partial charge in [-0.3, -0.25) is 19.6 Å². The van der Waals surface area contributed by atoms with Crippen molar-refractivity contribution < 1.29 is 9.59 Å². The van der Waals surface area contributed by atoms with Crippen LogP contribution < -0.4 is 0 Å². The minimum atomic E-state index is -0.276. The van der Waals surface area contributed by atoms with Gasteiger partial charge in [-0.15, -0.1) is 11.3 Å². The zero-order chi connectivity index (χ0) is 18.8. The largest absolute Gasteiger partial charge is 0.294 e. The number of hydrogen-bond donors (Lipinski definition) is 0. The first-order valence-corrected chi connectivity index (χ1v) is 8.98. The Morgan fingerprint density at radius 2 is 1.81 bits per heavy atom. The van der Waals surface area contributed by atoms with Crippen LogP contribution in [-0.2, 0) is 6.42 Å². The molecule has 0 aliphatic heterocycles. The first-order valence-electron chi connectivity index (χ1n) is 8.10. The first-order chi connectivity index (χ1) is 13.1. The van der Waals surface area contributed by atoms with Crippen molar-refractivity contribution >= 4 is 33.9 Å². The highest BCUT2D eigenvalue weighted by Gasteiger charge is 2.19. The maximum Gasteiger partial charge on any atom is 0.196 e. The molecule has 1 aromatic carbocycles. The summed E-state index contributed by atoms with van der Waals surface area (Å²) >= 11 is 1.43. The fourth-order valence-electron chi connectivity index (χ4n) is 2.72. The molecule has 3 heterocycles. The van der Waals surface area contributed by atoms with Gasteiger partial charge in [0, 0.05) is 47.0 Å². The van der Waals surface area contributed by atoms with Crippen LogP contribution in [0.15, 0.2) is 48.6 Å². The third-order valence-corrected chi connectivity index (χ3v) is 4.90. The molecule has 0 N–H and O–H groups in total. The van der Waals surface area contributed by atoms with Crippen LogP contribution in [0.4, 0.5) is 0 Å². The van der Waals surface area contributed by atoms with E-state index in [1.807, 2.05) is 12.3 Å². The molecule has 4 rings (SSSR count). The highest BCUT2D eigenvalue weighted by molar-refractivity contribution is 7.09. The Morgan fingerprint density at radius 3 is 2.56 bits per heavy atom. The van der Waals surface area contributed by atoms with Gasteiger partial charge in [0.1, 0.15) is 11.3 Å². The van der Waals surface area contributed by atoms with Gasteiger partial charge in [0.2, 0.25) is 0 Å². The number of hydrogen-bond acceptors (Lipinski definition) is 8. The molecule has 4 aromatic rings. The topological polar surface area (TPSA) is 98.6 Å². The molecule has 0 spiro atoms. The van der Waals surface area contributed by atoms with Crippen LogP contribution in [0.3, 0.4) is 0 Å². The van der Waals surface area contributed by atoms with E-state index in [1.54, 1.807) is 12.1 Å². The van der Waals surface area contributed by atoms with Crippen molar-refractivity contribution in [2.45, 2.75) is 13.3 Å². The summed E-state index contributed by atoms with van der Waals surface area (Å²) in [4.78, 5) is 46.3. The first kappa shape index (κ1) is 17.0. The molecule has 7 nitrogen and oxygen atoms in total. The van der Waals surface area contributed by atoms with Gasteiger partial charge in [0.15, 0.2) is 11.6 Å². The minimum absolute atomic E-state index is 0.149. The third kappa shape index (κ3) is 3.47. The third-order valence-electron chi connectivity index (χ3n) is 3.94. The minimum Gasteiger partial charge on any atom is -0.294 e. The monoisotopic (exact) mass is 375 g/mol. The van der Waals surface area contributed by atoms with Gasteiger partial charge < -0.3 is 0 Å². The summed E-state index contributed by atoms with van der Waals surface area (Å²) in [5.41, 5.74) is 2.87. The molecule has 0 saturated heterocycles. The van der Waals surface area contributed by atoms with Gasteiger partial charge in [-0.1, -0.05) is 0 Å². The van der Waals surface area contributed by atoms with Crippen LogP contribution >= 0.6 is 11.3 Å². The Bertz CT molecular complexity index is 1160. The maximum atomic E-state index is 12.9. The molecule has 0 atom stereocenters. The molecule has 0 radical (unpaired) electrons. The predicted molar refractivity (Wildman–Crippen MR) is 99.9 cm³/mol. The van der Waals surface area contributed by atoms with Crippen molar-refractivity contribution in [3.63, 3.8) is 0 Å². The number of aromatic nitrogens is 5. The number of rotatable bonds is 5. The van der Waals surface area contributed by atoms with Crippen molar-refractivity contribution in [1.82, 2.24) is 24.9 Å². The molecule has 0 aliphatic carbocycles. The number of carbonyl (C=O) groups is 2. The molecule has 0 amide bonds. The smallest absolute Gasteiger partial charge is 0.196 e. The molecule has 0 bridgehead atoms. The highest BCUT2D eigenvalue weighted by atomic mass is 32.1. The summed E-state index contributed by atoms with van der Waals surface area (Å²) in [5, 5.41) is 2.62. The summed E-state index contributed by atoms with van der Waals surface area (Å²) in [6, 6.07) is 3.19. The zero-order valence-corrected chi connectivity index (χ0v) is 15.1. The van der Waals surface area contributed by atoms with E-state index >= 15 is 0 Å². The van der Waals surface area contributed by atoms with E-state index in [1.165, 1.54) is 42.5 Å². The SMILES string of the molecule is Cc1csc(CC(=O)c2cc(C(=O)c3cncnc3)cc3nccnc23)n1. The van der Waals surface area contributed by atoms with Crippen molar-refractivity contribution in [2.24, 2.45) is 0 Å². The Balaban J connectivity index is 1.79. The lowest BCUT2D eigenvalue weighted by atomic mass is 9.98. The summed E-state index contributed by atoms with van der Waals surface area (Å²) in [5.74, 6) is -0.434. The normalized spacial score (nSPS) is 10.9. The molecule has 0 aliphatic rings. The molecule has 27 heavy (non-hydrogen) atoms. The molecule has 0 saturated carbocycles. The van der Waals surface area contributed by atoms with Crippen molar-refractivity contribution in [3.05, 3.63) is 76.0 Å². The van der Waals surface area contributed by atoms with E-state index in [-0.39, 0.29) is 18.0 Å². The molecule has 8 heteroatoms. The second kappa shape index (κ2) is 7.08. The van der Waals surface area contributed by atoms with E-state index < -0.39 is 0 Å². The Hall–Kier alpha value is -3.39. The van der Waals surface area contributed by atoms with E-state index in [9.17, 15) is 9.59 Å². The summed E-state index contributed by atoms with van der Waals surface area (Å²) in [7, 11) is 0. The predicted octanol–water partition coefficient (Wildman–Crippen LogP) is 2.84. The average molecular weight is 375 g/mol. The summed E-state index contributed by atoms with van der Waals surface area (Å²) in [6.07, 6.45) is 7.44. The summed E-state index contributed by atoms with van der Waals surface area (Å²) in [6.45, 7) is 1.88. The van der Waals surface area contributed by atoms with E-state index in [2.05, 4.69) is 24.9 Å². The van der Waals surface area contributed by atoms with Crippen LogP contribution in [0.1, 0.15) is 37.0 Å². The number of thiazole rings is 1.